The molecule has 0 saturated carbocycles. The monoisotopic (exact) mass is 262 g/mol. The number of ether oxygens (including phenoxy) is 1. The number of rotatable bonds is 1. The van der Waals surface area contributed by atoms with E-state index in [1.807, 2.05) is 6.07 Å². The molecule has 3 rings (SSSR count). The zero-order valence-electron chi connectivity index (χ0n) is 8.36. The molecule has 0 spiro atoms. The summed E-state index contributed by atoms with van der Waals surface area (Å²) in [6.07, 6.45) is 0. The fourth-order valence-electron chi connectivity index (χ4n) is 1.83. The average Bonchev–Trinajstić information content (AvgIpc) is 2.66. The van der Waals surface area contributed by atoms with Gasteiger partial charge in [-0.1, -0.05) is 0 Å². The summed E-state index contributed by atoms with van der Waals surface area (Å²) in [6, 6.07) is 15.0. The Balaban J connectivity index is 2.43. The Bertz CT molecular complexity index is 625. The van der Waals surface area contributed by atoms with Crippen molar-refractivity contribution in [2.75, 3.05) is 7.11 Å². The van der Waals surface area contributed by atoms with Crippen LogP contribution in [0.15, 0.2) is 42.5 Å². The average molecular weight is 261 g/mol. The van der Waals surface area contributed by atoms with Crippen LogP contribution in [0.25, 0.3) is 19.3 Å². The van der Waals surface area contributed by atoms with Crippen molar-refractivity contribution < 1.29 is 4.74 Å². The molecule has 2 aromatic carbocycles. The van der Waals surface area contributed by atoms with E-state index in [9.17, 15) is 0 Å². The van der Waals surface area contributed by atoms with Crippen LogP contribution in [0.5, 0.6) is 5.75 Å². The van der Waals surface area contributed by atoms with Gasteiger partial charge in [0.15, 0.2) is 0 Å². The summed E-state index contributed by atoms with van der Waals surface area (Å²) >= 11 is 0.445. The van der Waals surface area contributed by atoms with Crippen LogP contribution in [-0.4, -0.2) is 21.6 Å². The van der Waals surface area contributed by atoms with Gasteiger partial charge in [0.1, 0.15) is 0 Å². The van der Waals surface area contributed by atoms with Crippen LogP contribution < -0.4 is 4.74 Å². The van der Waals surface area contributed by atoms with Gasteiger partial charge in [-0.3, -0.25) is 0 Å². The van der Waals surface area contributed by atoms with Gasteiger partial charge >= 0.3 is 93.9 Å². The van der Waals surface area contributed by atoms with Crippen molar-refractivity contribution in [3.63, 3.8) is 0 Å². The minimum atomic E-state index is 0.445. The maximum atomic E-state index is 5.25. The van der Waals surface area contributed by atoms with Crippen LogP contribution in [0.4, 0.5) is 0 Å². The maximum absolute atomic E-state index is 5.25. The first-order valence-electron chi connectivity index (χ1n) is 4.84. The molecule has 0 bridgehead atoms. The fourth-order valence-corrected chi connectivity index (χ4v) is 4.21. The van der Waals surface area contributed by atoms with Crippen molar-refractivity contribution in [3.05, 3.63) is 42.5 Å². The Hall–Kier alpha value is -1.24. The third kappa shape index (κ3) is 1.38. The first-order chi connectivity index (χ1) is 7.38. The van der Waals surface area contributed by atoms with Gasteiger partial charge in [0.2, 0.25) is 0 Å². The van der Waals surface area contributed by atoms with E-state index in [1.54, 1.807) is 7.11 Å². The second-order valence-electron chi connectivity index (χ2n) is 3.46. The summed E-state index contributed by atoms with van der Waals surface area (Å²) in [6.45, 7) is 0. The Kier molecular flexibility index (Phi) is 2.05. The summed E-state index contributed by atoms with van der Waals surface area (Å²) in [7, 11) is 1.72. The third-order valence-corrected chi connectivity index (χ3v) is 4.96. The van der Waals surface area contributed by atoms with Crippen molar-refractivity contribution in [2.24, 2.45) is 0 Å². The first-order valence-corrected chi connectivity index (χ1v) is 6.55. The molecule has 1 heterocycles. The van der Waals surface area contributed by atoms with E-state index < -0.39 is 0 Å². The van der Waals surface area contributed by atoms with Gasteiger partial charge in [-0.25, -0.2) is 0 Å². The normalized spacial score (nSPS) is 11.0. The third-order valence-electron chi connectivity index (χ3n) is 2.59. The minimum absolute atomic E-state index is 0.445. The molecule has 0 atom stereocenters. The SMILES string of the molecule is COc1ccc2c(c1)[se]c1ccccc12. The molecule has 0 aliphatic rings. The molecule has 0 fully saturated rings. The second kappa shape index (κ2) is 3.41. The van der Waals surface area contributed by atoms with Gasteiger partial charge in [-0.15, -0.1) is 0 Å². The number of fused-ring (bicyclic) bond motifs is 3. The zero-order valence-corrected chi connectivity index (χ0v) is 10.1. The molecule has 0 N–H and O–H groups in total. The van der Waals surface area contributed by atoms with Crippen LogP contribution >= 0.6 is 0 Å². The molecule has 0 aliphatic heterocycles. The van der Waals surface area contributed by atoms with Crippen LogP contribution in [0.1, 0.15) is 0 Å². The van der Waals surface area contributed by atoms with Gasteiger partial charge in [-0.2, -0.15) is 0 Å². The number of methoxy groups -OCH3 is 1. The summed E-state index contributed by atoms with van der Waals surface area (Å²) in [4.78, 5) is 0. The summed E-state index contributed by atoms with van der Waals surface area (Å²) in [5.74, 6) is 0.962. The number of hydrogen-bond acceptors (Lipinski definition) is 1. The van der Waals surface area contributed by atoms with Crippen molar-refractivity contribution in [1.82, 2.24) is 0 Å². The quantitative estimate of drug-likeness (QED) is 0.612. The molecule has 74 valence electrons. The van der Waals surface area contributed by atoms with Crippen LogP contribution in [-0.2, 0) is 0 Å². The molecule has 15 heavy (non-hydrogen) atoms. The fraction of sp³-hybridized carbons (Fsp3) is 0.0769. The predicted octanol–water partition coefficient (Wildman–Crippen LogP) is 3.06. The number of benzene rings is 2. The van der Waals surface area contributed by atoms with E-state index in [1.165, 1.54) is 19.3 Å². The van der Waals surface area contributed by atoms with E-state index in [2.05, 4.69) is 36.4 Å². The van der Waals surface area contributed by atoms with Crippen molar-refractivity contribution in [1.29, 1.82) is 0 Å². The molecule has 0 radical (unpaired) electrons. The van der Waals surface area contributed by atoms with Gasteiger partial charge in [0.05, 0.1) is 0 Å². The molecule has 0 aliphatic carbocycles. The van der Waals surface area contributed by atoms with Crippen LogP contribution in [0, 0.1) is 0 Å². The molecular weight excluding hydrogens is 251 g/mol. The Morgan fingerprint density at radius 2 is 1.73 bits per heavy atom. The van der Waals surface area contributed by atoms with Crippen molar-refractivity contribution in [3.8, 4) is 5.75 Å². The van der Waals surface area contributed by atoms with E-state index in [0.29, 0.717) is 14.5 Å². The van der Waals surface area contributed by atoms with Crippen LogP contribution in [0.2, 0.25) is 0 Å². The summed E-state index contributed by atoms with van der Waals surface area (Å²) in [5, 5.41) is 2.78. The molecular formula is C13H10OSe. The van der Waals surface area contributed by atoms with Gasteiger partial charge in [0, 0.05) is 0 Å². The van der Waals surface area contributed by atoms with Gasteiger partial charge in [0.25, 0.3) is 0 Å². The van der Waals surface area contributed by atoms with E-state index in [-0.39, 0.29) is 0 Å². The standard InChI is InChI=1S/C13H10OSe/c1-14-9-6-7-11-10-4-2-3-5-12(10)15-13(11)8-9/h2-8H,1H3. The number of hydrogen-bond donors (Lipinski definition) is 0. The summed E-state index contributed by atoms with van der Waals surface area (Å²) in [5.41, 5.74) is 0. The Labute approximate surface area is 94.0 Å². The molecule has 1 nitrogen and oxygen atoms in total. The topological polar surface area (TPSA) is 9.23 Å². The summed E-state index contributed by atoms with van der Waals surface area (Å²) < 4.78 is 8.16. The molecule has 0 amide bonds. The van der Waals surface area contributed by atoms with Gasteiger partial charge < -0.3 is 0 Å². The molecule has 2 heteroatoms. The molecule has 1 aromatic heterocycles. The molecule has 0 saturated heterocycles. The Morgan fingerprint density at radius 1 is 0.933 bits per heavy atom. The molecule has 3 aromatic rings. The second-order valence-corrected chi connectivity index (χ2v) is 5.73. The van der Waals surface area contributed by atoms with E-state index in [4.69, 9.17) is 4.74 Å². The predicted molar refractivity (Wildman–Crippen MR) is 64.9 cm³/mol. The van der Waals surface area contributed by atoms with E-state index in [0.717, 1.165) is 5.75 Å². The molecule has 0 unspecified atom stereocenters. The van der Waals surface area contributed by atoms with Crippen molar-refractivity contribution >= 4 is 33.8 Å². The first kappa shape index (κ1) is 9.02. The van der Waals surface area contributed by atoms with Gasteiger partial charge in [-0.05, 0) is 0 Å². The Morgan fingerprint density at radius 3 is 2.60 bits per heavy atom. The zero-order chi connectivity index (χ0) is 10.3. The van der Waals surface area contributed by atoms with Crippen LogP contribution in [0.3, 0.4) is 0 Å². The van der Waals surface area contributed by atoms with E-state index >= 15 is 0 Å². The van der Waals surface area contributed by atoms with Crippen molar-refractivity contribution in [2.45, 2.75) is 0 Å².